The standard InChI is InChI=1S/C7H4BrClN2.ClH/c8-5-3-6(9)7-10-1-2-11(7)4-5;/h1-4H;1H. The Kier molecular flexibility index (Phi) is 2.99. The molecule has 0 unspecified atom stereocenters. The number of nitrogens with zero attached hydrogens (tertiary/aromatic N) is 2. The van der Waals surface area contributed by atoms with Gasteiger partial charge in [0.05, 0.1) is 5.02 Å². The van der Waals surface area contributed by atoms with Gasteiger partial charge in [-0.05, 0) is 22.0 Å². The molecule has 0 aromatic carbocycles. The Hall–Kier alpha value is -0.250. The van der Waals surface area contributed by atoms with E-state index in [-0.39, 0.29) is 12.4 Å². The Morgan fingerprint density at radius 2 is 2.25 bits per heavy atom. The zero-order valence-electron chi connectivity index (χ0n) is 5.87. The first kappa shape index (κ1) is 9.84. The number of hydrogen-bond donors (Lipinski definition) is 0. The molecular formula is C7H5BrCl2N2. The van der Waals surface area contributed by atoms with E-state index in [1.165, 1.54) is 0 Å². The average Bonchev–Trinajstić information content (AvgIpc) is 2.34. The minimum atomic E-state index is 0. The van der Waals surface area contributed by atoms with Crippen LogP contribution in [0.15, 0.2) is 29.1 Å². The third kappa shape index (κ3) is 1.58. The summed E-state index contributed by atoms with van der Waals surface area (Å²) in [7, 11) is 0. The summed E-state index contributed by atoms with van der Waals surface area (Å²) in [6.07, 6.45) is 5.48. The highest BCUT2D eigenvalue weighted by Gasteiger charge is 1.99. The van der Waals surface area contributed by atoms with Crippen LogP contribution in [0, 0.1) is 0 Å². The quantitative estimate of drug-likeness (QED) is 0.717. The Morgan fingerprint density at radius 1 is 1.50 bits per heavy atom. The molecule has 64 valence electrons. The van der Waals surface area contributed by atoms with Gasteiger partial charge in [-0.1, -0.05) is 11.6 Å². The van der Waals surface area contributed by atoms with Gasteiger partial charge in [0.25, 0.3) is 0 Å². The summed E-state index contributed by atoms with van der Waals surface area (Å²) >= 11 is 9.23. The van der Waals surface area contributed by atoms with Crippen LogP contribution in [-0.4, -0.2) is 9.38 Å². The van der Waals surface area contributed by atoms with E-state index >= 15 is 0 Å². The van der Waals surface area contributed by atoms with Crippen molar-refractivity contribution in [1.29, 1.82) is 0 Å². The van der Waals surface area contributed by atoms with Gasteiger partial charge >= 0.3 is 0 Å². The van der Waals surface area contributed by atoms with Crippen molar-refractivity contribution in [2.24, 2.45) is 0 Å². The number of hydrogen-bond acceptors (Lipinski definition) is 1. The lowest BCUT2D eigenvalue weighted by Crippen LogP contribution is -1.83. The van der Waals surface area contributed by atoms with E-state index in [1.54, 1.807) is 6.20 Å². The van der Waals surface area contributed by atoms with Crippen molar-refractivity contribution in [3.05, 3.63) is 34.2 Å². The van der Waals surface area contributed by atoms with Crippen molar-refractivity contribution in [2.75, 3.05) is 0 Å². The molecule has 0 spiro atoms. The lowest BCUT2D eigenvalue weighted by molar-refractivity contribution is 1.17. The fourth-order valence-corrected chi connectivity index (χ4v) is 1.80. The van der Waals surface area contributed by atoms with Gasteiger partial charge in [-0.15, -0.1) is 12.4 Å². The lowest BCUT2D eigenvalue weighted by atomic mass is 10.5. The maximum atomic E-state index is 5.89. The van der Waals surface area contributed by atoms with Crippen LogP contribution in [0.5, 0.6) is 0 Å². The Bertz CT molecular complexity index is 399. The van der Waals surface area contributed by atoms with Crippen LogP contribution in [0.1, 0.15) is 0 Å². The van der Waals surface area contributed by atoms with Gasteiger partial charge in [-0.2, -0.15) is 0 Å². The van der Waals surface area contributed by atoms with Crippen molar-refractivity contribution in [1.82, 2.24) is 9.38 Å². The van der Waals surface area contributed by atoms with E-state index in [0.717, 1.165) is 10.1 Å². The average molecular weight is 268 g/mol. The highest BCUT2D eigenvalue weighted by atomic mass is 79.9. The van der Waals surface area contributed by atoms with Crippen molar-refractivity contribution in [3.63, 3.8) is 0 Å². The van der Waals surface area contributed by atoms with Crippen LogP contribution in [0.2, 0.25) is 5.02 Å². The van der Waals surface area contributed by atoms with Gasteiger partial charge in [-0.3, -0.25) is 0 Å². The third-order valence-corrected chi connectivity index (χ3v) is 2.12. The first-order chi connectivity index (χ1) is 5.27. The normalized spacial score (nSPS) is 9.83. The second-order valence-electron chi connectivity index (χ2n) is 2.16. The molecule has 0 N–H and O–H groups in total. The van der Waals surface area contributed by atoms with Crippen LogP contribution in [0.3, 0.4) is 0 Å². The predicted octanol–water partition coefficient (Wildman–Crippen LogP) is 3.17. The molecule has 0 aliphatic rings. The molecule has 0 amide bonds. The van der Waals surface area contributed by atoms with Crippen LogP contribution < -0.4 is 0 Å². The molecule has 0 aliphatic carbocycles. The molecule has 5 heteroatoms. The van der Waals surface area contributed by atoms with E-state index in [2.05, 4.69) is 20.9 Å². The molecule has 0 bridgehead atoms. The lowest BCUT2D eigenvalue weighted by Gasteiger charge is -1.96. The topological polar surface area (TPSA) is 17.3 Å². The van der Waals surface area contributed by atoms with Crippen molar-refractivity contribution in [3.8, 4) is 0 Å². The predicted molar refractivity (Wildman–Crippen MR) is 55.2 cm³/mol. The fourth-order valence-electron chi connectivity index (χ4n) is 0.958. The molecule has 0 atom stereocenters. The summed E-state index contributed by atoms with van der Waals surface area (Å²) < 4.78 is 2.82. The fraction of sp³-hybridized carbons (Fsp3) is 0. The zero-order chi connectivity index (χ0) is 7.84. The molecule has 0 fully saturated rings. The number of aromatic nitrogens is 2. The third-order valence-electron chi connectivity index (χ3n) is 1.41. The van der Waals surface area contributed by atoms with E-state index in [1.807, 2.05) is 22.9 Å². The molecular weight excluding hydrogens is 263 g/mol. The minimum absolute atomic E-state index is 0. The van der Waals surface area contributed by atoms with Crippen molar-refractivity contribution < 1.29 is 0 Å². The zero-order valence-corrected chi connectivity index (χ0v) is 9.03. The molecule has 0 radical (unpaired) electrons. The Balaban J connectivity index is 0.000000720. The van der Waals surface area contributed by atoms with Gasteiger partial charge in [0.2, 0.25) is 0 Å². The highest BCUT2D eigenvalue weighted by Crippen LogP contribution is 2.20. The number of pyridine rings is 1. The first-order valence-corrected chi connectivity index (χ1v) is 4.22. The Labute approximate surface area is 89.1 Å². The number of rotatable bonds is 0. The van der Waals surface area contributed by atoms with Gasteiger partial charge in [0, 0.05) is 23.1 Å². The minimum Gasteiger partial charge on any atom is -0.305 e. The summed E-state index contributed by atoms with van der Waals surface area (Å²) in [5.74, 6) is 0. The van der Waals surface area contributed by atoms with E-state index < -0.39 is 0 Å². The molecule has 2 nitrogen and oxygen atoms in total. The molecule has 2 aromatic heterocycles. The van der Waals surface area contributed by atoms with Crippen LogP contribution >= 0.6 is 39.9 Å². The second-order valence-corrected chi connectivity index (χ2v) is 3.49. The highest BCUT2D eigenvalue weighted by molar-refractivity contribution is 9.10. The maximum Gasteiger partial charge on any atom is 0.155 e. The van der Waals surface area contributed by atoms with Crippen LogP contribution in [0.25, 0.3) is 5.65 Å². The monoisotopic (exact) mass is 266 g/mol. The molecule has 2 rings (SSSR count). The molecule has 0 aliphatic heterocycles. The number of imidazole rings is 1. The molecule has 12 heavy (non-hydrogen) atoms. The smallest absolute Gasteiger partial charge is 0.155 e. The van der Waals surface area contributed by atoms with E-state index in [0.29, 0.717) is 5.02 Å². The summed E-state index contributed by atoms with van der Waals surface area (Å²) in [4.78, 5) is 4.07. The van der Waals surface area contributed by atoms with Crippen LogP contribution in [0.4, 0.5) is 0 Å². The summed E-state index contributed by atoms with van der Waals surface area (Å²) in [6.45, 7) is 0. The summed E-state index contributed by atoms with van der Waals surface area (Å²) in [6, 6.07) is 1.82. The molecule has 2 heterocycles. The van der Waals surface area contributed by atoms with Gasteiger partial charge in [0.1, 0.15) is 0 Å². The SMILES string of the molecule is Cl.Clc1cc(Br)cn2ccnc12. The van der Waals surface area contributed by atoms with Crippen LogP contribution in [-0.2, 0) is 0 Å². The molecule has 0 saturated heterocycles. The molecule has 0 saturated carbocycles. The van der Waals surface area contributed by atoms with Gasteiger partial charge in [-0.25, -0.2) is 4.98 Å². The maximum absolute atomic E-state index is 5.89. The van der Waals surface area contributed by atoms with E-state index in [4.69, 9.17) is 11.6 Å². The largest absolute Gasteiger partial charge is 0.305 e. The first-order valence-electron chi connectivity index (χ1n) is 3.05. The Morgan fingerprint density at radius 3 is 3.00 bits per heavy atom. The summed E-state index contributed by atoms with van der Waals surface area (Å²) in [5, 5.41) is 0.657. The second kappa shape index (κ2) is 3.64. The van der Waals surface area contributed by atoms with Crippen molar-refractivity contribution >= 4 is 45.6 Å². The van der Waals surface area contributed by atoms with Crippen molar-refractivity contribution in [2.45, 2.75) is 0 Å². The van der Waals surface area contributed by atoms with Gasteiger partial charge in [0.15, 0.2) is 5.65 Å². The van der Waals surface area contributed by atoms with Gasteiger partial charge < -0.3 is 4.40 Å². The summed E-state index contributed by atoms with van der Waals surface area (Å²) in [5.41, 5.74) is 0.787. The molecule has 2 aromatic rings. The number of fused-ring (bicyclic) bond motifs is 1. The number of halogens is 3. The van der Waals surface area contributed by atoms with E-state index in [9.17, 15) is 0 Å².